The van der Waals surface area contributed by atoms with Crippen LogP contribution >= 0.6 is 0 Å². The smallest absolute Gasteiger partial charge is 0.325 e. The number of benzene rings is 1. The van der Waals surface area contributed by atoms with E-state index < -0.39 is 71.8 Å². The number of carbonyl (C=O) groups is 6. The van der Waals surface area contributed by atoms with E-state index in [-0.39, 0.29) is 42.9 Å². The standard InChI is InChI=1S/C38H52N4O9/c1-23(2)32-36(48)40-33(27-13-10-14-28(45)22-27)37(49)42-20-11-15-30(41-42)38(50)51-31(24(3)19-21-43)16-9-7-6-8-12-25(4)34(46)29(35(47)39-32)18-17-26(5)44/h6-10,13-14,19,21-23,25,29-34,41,45-46H,11-12,15-18,20H2,1-5H3,(H,39,47)(H,40,48)/b8-6+,9-7+,24-19+/t25-,29+,30?,31-,32-,33?,34+/m0/s1. The van der Waals surface area contributed by atoms with Gasteiger partial charge in [-0.25, -0.2) is 5.43 Å². The number of ketones is 1. The Morgan fingerprint density at radius 1 is 1.06 bits per heavy atom. The molecule has 0 radical (unpaired) electrons. The number of amides is 3. The van der Waals surface area contributed by atoms with Gasteiger partial charge in [0.15, 0.2) is 0 Å². The number of ether oxygens (including phenoxy) is 1. The van der Waals surface area contributed by atoms with Gasteiger partial charge in [0.2, 0.25) is 11.8 Å². The van der Waals surface area contributed by atoms with Crippen LogP contribution in [0.5, 0.6) is 5.75 Å². The van der Waals surface area contributed by atoms with Crippen LogP contribution in [0.15, 0.2) is 60.2 Å². The molecule has 1 aromatic rings. The summed E-state index contributed by atoms with van der Waals surface area (Å²) < 4.78 is 5.83. The lowest BCUT2D eigenvalue weighted by Crippen LogP contribution is -2.59. The first-order valence-corrected chi connectivity index (χ1v) is 17.5. The van der Waals surface area contributed by atoms with Crippen molar-refractivity contribution >= 4 is 35.8 Å². The van der Waals surface area contributed by atoms with Crippen molar-refractivity contribution in [2.24, 2.45) is 17.8 Å². The van der Waals surface area contributed by atoms with E-state index in [4.69, 9.17) is 4.74 Å². The molecular weight excluding hydrogens is 656 g/mol. The van der Waals surface area contributed by atoms with E-state index in [9.17, 15) is 39.0 Å². The van der Waals surface area contributed by atoms with Gasteiger partial charge in [0.25, 0.3) is 5.91 Å². The van der Waals surface area contributed by atoms with Gasteiger partial charge in [-0.1, -0.05) is 57.2 Å². The zero-order valence-corrected chi connectivity index (χ0v) is 30.0. The lowest BCUT2D eigenvalue weighted by molar-refractivity contribution is -0.156. The average Bonchev–Trinajstić information content (AvgIpc) is 3.09. The van der Waals surface area contributed by atoms with E-state index in [2.05, 4.69) is 16.1 Å². The Hall–Kier alpha value is -4.62. The Kier molecular flexibility index (Phi) is 15.8. The minimum atomic E-state index is -1.33. The zero-order valence-electron chi connectivity index (χ0n) is 30.0. The number of esters is 1. The van der Waals surface area contributed by atoms with Gasteiger partial charge < -0.3 is 30.4 Å². The van der Waals surface area contributed by atoms with Gasteiger partial charge in [-0.2, -0.15) is 0 Å². The number of hydrogen-bond donors (Lipinski definition) is 5. The quantitative estimate of drug-likeness (QED) is 0.160. The molecule has 3 rings (SSSR count). The van der Waals surface area contributed by atoms with Crippen LogP contribution in [0, 0.1) is 17.8 Å². The summed E-state index contributed by atoms with van der Waals surface area (Å²) in [4.78, 5) is 78.4. The Balaban J connectivity index is 2.06. The minimum Gasteiger partial charge on any atom is -0.508 e. The molecule has 2 unspecified atom stereocenters. The van der Waals surface area contributed by atoms with Crippen molar-refractivity contribution in [3.05, 3.63) is 65.8 Å². The molecule has 13 nitrogen and oxygen atoms in total. The van der Waals surface area contributed by atoms with Crippen molar-refractivity contribution in [3.63, 3.8) is 0 Å². The highest BCUT2D eigenvalue weighted by atomic mass is 16.5. The number of aliphatic hydroxyl groups is 1. The fourth-order valence-electron chi connectivity index (χ4n) is 6.06. The van der Waals surface area contributed by atoms with Gasteiger partial charge >= 0.3 is 5.97 Å². The van der Waals surface area contributed by atoms with E-state index >= 15 is 0 Å². The third kappa shape index (κ3) is 12.0. The summed E-state index contributed by atoms with van der Waals surface area (Å²) in [6, 6.07) is 2.49. The van der Waals surface area contributed by atoms with Gasteiger partial charge in [0.1, 0.15) is 42.0 Å². The summed E-state index contributed by atoms with van der Waals surface area (Å²) in [7, 11) is 0. The maximum atomic E-state index is 14.1. The van der Waals surface area contributed by atoms with E-state index in [1.807, 2.05) is 6.08 Å². The number of cyclic esters (lactones) is 1. The number of nitrogens with zero attached hydrogens (tertiary/aromatic N) is 1. The summed E-state index contributed by atoms with van der Waals surface area (Å²) in [5.74, 6) is -4.65. The number of carbonyl (C=O) groups excluding carboxylic acids is 6. The highest BCUT2D eigenvalue weighted by Gasteiger charge is 2.38. The predicted octanol–water partition coefficient (Wildman–Crippen LogP) is 3.13. The van der Waals surface area contributed by atoms with Gasteiger partial charge in [-0.3, -0.25) is 29.0 Å². The number of hydrogen-bond acceptors (Lipinski definition) is 10. The van der Waals surface area contributed by atoms with Crippen LogP contribution in [0.2, 0.25) is 0 Å². The number of allylic oxidation sites excluding steroid dienone is 4. The second-order valence-electron chi connectivity index (χ2n) is 13.7. The molecule has 278 valence electrons. The molecule has 1 aromatic carbocycles. The molecule has 13 heteroatoms. The summed E-state index contributed by atoms with van der Waals surface area (Å²) in [6.45, 7) is 8.52. The van der Waals surface area contributed by atoms with E-state index in [0.29, 0.717) is 31.1 Å². The predicted molar refractivity (Wildman–Crippen MR) is 189 cm³/mol. The molecule has 0 saturated carbocycles. The number of fused-ring (bicyclic) bond motifs is 2. The van der Waals surface area contributed by atoms with E-state index in [0.717, 1.165) is 0 Å². The molecule has 0 aromatic heterocycles. The van der Waals surface area contributed by atoms with Crippen molar-refractivity contribution in [1.82, 2.24) is 21.1 Å². The molecule has 7 atom stereocenters. The molecule has 0 aliphatic carbocycles. The Bertz CT molecular complexity index is 1500. The van der Waals surface area contributed by atoms with Crippen LogP contribution in [0.3, 0.4) is 0 Å². The molecule has 5 N–H and O–H groups in total. The van der Waals surface area contributed by atoms with Crippen LogP contribution in [0.25, 0.3) is 0 Å². The summed E-state index contributed by atoms with van der Waals surface area (Å²) in [5.41, 5.74) is 3.74. The van der Waals surface area contributed by atoms with Crippen LogP contribution in [-0.4, -0.2) is 81.8 Å². The first-order chi connectivity index (χ1) is 24.2. The number of nitrogens with one attached hydrogen (secondary N) is 3. The minimum absolute atomic E-state index is 0.0561. The first-order valence-electron chi connectivity index (χ1n) is 17.5. The van der Waals surface area contributed by atoms with E-state index in [1.54, 1.807) is 52.0 Å². The number of phenols is 1. The normalized spacial score (nSPS) is 29.1. The van der Waals surface area contributed by atoms with Crippen molar-refractivity contribution in [1.29, 1.82) is 0 Å². The molecule has 2 aliphatic heterocycles. The number of aliphatic hydroxyl groups excluding tert-OH is 1. The van der Waals surface area contributed by atoms with Gasteiger partial charge in [0, 0.05) is 19.4 Å². The highest BCUT2D eigenvalue weighted by Crippen LogP contribution is 2.25. The fourth-order valence-corrected chi connectivity index (χ4v) is 6.06. The molecule has 2 aliphatic rings. The number of Topliss-reactive ketones (excluding diaryl/α,β-unsaturated/α-hetero) is 1. The molecule has 1 saturated heterocycles. The zero-order chi connectivity index (χ0) is 37.7. The summed E-state index contributed by atoms with van der Waals surface area (Å²) in [6.07, 6.45) is 8.75. The summed E-state index contributed by atoms with van der Waals surface area (Å²) >= 11 is 0. The lowest BCUT2D eigenvalue weighted by Gasteiger charge is -2.36. The number of hydrazine groups is 1. The summed E-state index contributed by atoms with van der Waals surface area (Å²) in [5, 5.41) is 28.4. The second-order valence-corrected chi connectivity index (χ2v) is 13.7. The molecule has 2 heterocycles. The Labute approximate surface area is 299 Å². The highest BCUT2D eigenvalue weighted by molar-refractivity contribution is 5.93. The molecular formula is C38H52N4O9. The number of phenolic OH excluding ortho intramolecular Hbond substituents is 1. The van der Waals surface area contributed by atoms with Gasteiger partial charge in [0.05, 0.1) is 12.0 Å². The SMILES string of the molecule is CC(=O)CC[C@H]1C(=O)N[C@@H](C(C)C)C(=O)NC(c2cccc(O)c2)C(=O)N2CCCC(N2)C(=O)O[C@H](/C(C)=C/C=O)C/C=C/C=C/C[C@H](C)[C@H]1O. The largest absolute Gasteiger partial charge is 0.508 e. The first kappa shape index (κ1) is 40.8. The molecule has 51 heavy (non-hydrogen) atoms. The van der Waals surface area contributed by atoms with Crippen LogP contribution in [-0.2, 0) is 33.5 Å². The van der Waals surface area contributed by atoms with Crippen molar-refractivity contribution < 1.29 is 43.7 Å². The fraction of sp³-hybridized carbons (Fsp3) is 0.526. The molecule has 0 spiro atoms. The molecule has 3 amide bonds. The Morgan fingerprint density at radius 3 is 2.41 bits per heavy atom. The van der Waals surface area contributed by atoms with Crippen LogP contribution in [0.4, 0.5) is 0 Å². The van der Waals surface area contributed by atoms with Crippen LogP contribution in [0.1, 0.15) is 84.7 Å². The van der Waals surface area contributed by atoms with E-state index in [1.165, 1.54) is 36.2 Å². The monoisotopic (exact) mass is 708 g/mol. The topological polar surface area (TPSA) is 191 Å². The second kappa shape index (κ2) is 19.7. The molecule has 1 fully saturated rings. The number of aldehydes is 1. The van der Waals surface area contributed by atoms with Crippen molar-refractivity contribution in [2.45, 2.75) is 103 Å². The van der Waals surface area contributed by atoms with Crippen LogP contribution < -0.4 is 16.1 Å². The average molecular weight is 709 g/mol. The van der Waals surface area contributed by atoms with Crippen molar-refractivity contribution in [3.8, 4) is 5.75 Å². The maximum absolute atomic E-state index is 14.1. The number of aromatic hydroxyl groups is 1. The third-order valence-electron chi connectivity index (χ3n) is 9.20. The third-order valence-corrected chi connectivity index (χ3v) is 9.20. The Morgan fingerprint density at radius 2 is 1.76 bits per heavy atom. The van der Waals surface area contributed by atoms with Gasteiger partial charge in [-0.05, 0) is 80.7 Å². The number of rotatable bonds is 7. The van der Waals surface area contributed by atoms with Gasteiger partial charge in [-0.15, -0.1) is 0 Å². The van der Waals surface area contributed by atoms with Crippen molar-refractivity contribution in [2.75, 3.05) is 6.54 Å². The maximum Gasteiger partial charge on any atom is 0.325 e. The molecule has 2 bridgehead atoms. The lowest BCUT2D eigenvalue weighted by atomic mass is 9.85.